The number of hydrogen-bond acceptors (Lipinski definition) is 4. The van der Waals surface area contributed by atoms with E-state index < -0.39 is 0 Å². The predicted molar refractivity (Wildman–Crippen MR) is 130 cm³/mol. The molecule has 6 nitrogen and oxygen atoms in total. The highest BCUT2D eigenvalue weighted by molar-refractivity contribution is 5.99. The van der Waals surface area contributed by atoms with Gasteiger partial charge in [-0.15, -0.1) is 0 Å². The Labute approximate surface area is 195 Å². The summed E-state index contributed by atoms with van der Waals surface area (Å²) in [5, 5.41) is 6.19. The van der Waals surface area contributed by atoms with E-state index in [1.54, 1.807) is 12.4 Å². The Balaban J connectivity index is 1.28. The molecule has 3 aromatic rings. The highest BCUT2D eigenvalue weighted by Crippen LogP contribution is 2.24. The number of carbonyl (C=O) groups is 2. The van der Waals surface area contributed by atoms with E-state index in [1.165, 1.54) is 5.56 Å². The second-order valence-corrected chi connectivity index (χ2v) is 8.37. The number of para-hydroxylation sites is 1. The molecule has 1 aliphatic rings. The van der Waals surface area contributed by atoms with E-state index in [-0.39, 0.29) is 17.9 Å². The molecule has 2 N–H and O–H groups in total. The number of aryl methyl sites for hydroxylation is 1. The first kappa shape index (κ1) is 22.5. The highest BCUT2D eigenvalue weighted by Gasteiger charge is 2.23. The first-order valence-corrected chi connectivity index (χ1v) is 11.5. The number of benzene rings is 2. The fourth-order valence-electron chi connectivity index (χ4n) is 4.19. The Kier molecular flexibility index (Phi) is 7.69. The number of hydrogen-bond donors (Lipinski definition) is 2. The van der Waals surface area contributed by atoms with Gasteiger partial charge in [0.2, 0.25) is 5.91 Å². The average Bonchev–Trinajstić information content (AvgIpc) is 2.88. The van der Waals surface area contributed by atoms with Crippen LogP contribution in [0.2, 0.25) is 0 Å². The summed E-state index contributed by atoms with van der Waals surface area (Å²) in [6.45, 7) is 2.07. The first-order valence-electron chi connectivity index (χ1n) is 11.5. The van der Waals surface area contributed by atoms with Gasteiger partial charge in [-0.1, -0.05) is 42.5 Å². The Morgan fingerprint density at radius 1 is 0.879 bits per heavy atom. The summed E-state index contributed by atoms with van der Waals surface area (Å²) in [7, 11) is 0. The number of pyridine rings is 1. The van der Waals surface area contributed by atoms with E-state index in [1.807, 2.05) is 54.6 Å². The van der Waals surface area contributed by atoms with Gasteiger partial charge >= 0.3 is 0 Å². The van der Waals surface area contributed by atoms with Crippen molar-refractivity contribution in [3.63, 3.8) is 0 Å². The van der Waals surface area contributed by atoms with Crippen LogP contribution < -0.4 is 15.5 Å². The molecule has 2 amide bonds. The molecule has 1 aromatic heterocycles. The van der Waals surface area contributed by atoms with Crippen LogP contribution in [-0.2, 0) is 17.8 Å². The van der Waals surface area contributed by atoms with Crippen molar-refractivity contribution >= 4 is 17.5 Å². The number of carbonyl (C=O) groups excluding carboxylic acids is 2. The fourth-order valence-corrected chi connectivity index (χ4v) is 4.19. The second kappa shape index (κ2) is 11.3. The van der Waals surface area contributed by atoms with Gasteiger partial charge in [0.1, 0.15) is 0 Å². The molecule has 1 fully saturated rings. The number of aromatic nitrogens is 1. The first-order chi connectivity index (χ1) is 16.2. The summed E-state index contributed by atoms with van der Waals surface area (Å²) in [5.74, 6) is 0.0203. The van der Waals surface area contributed by atoms with E-state index >= 15 is 0 Å². The minimum Gasteiger partial charge on any atom is -0.371 e. The molecule has 1 saturated heterocycles. The molecule has 0 spiro atoms. The number of amides is 2. The van der Waals surface area contributed by atoms with Gasteiger partial charge in [-0.3, -0.25) is 14.6 Å². The Hall–Kier alpha value is -3.67. The lowest BCUT2D eigenvalue weighted by Crippen LogP contribution is -2.45. The Bertz CT molecular complexity index is 1050. The van der Waals surface area contributed by atoms with Gasteiger partial charge in [-0.2, -0.15) is 0 Å². The van der Waals surface area contributed by atoms with Crippen LogP contribution in [0.5, 0.6) is 0 Å². The van der Waals surface area contributed by atoms with Crippen LogP contribution in [0.25, 0.3) is 0 Å². The van der Waals surface area contributed by atoms with Crippen molar-refractivity contribution in [2.75, 3.05) is 18.0 Å². The quantitative estimate of drug-likeness (QED) is 0.558. The van der Waals surface area contributed by atoms with Crippen LogP contribution in [0.15, 0.2) is 79.1 Å². The largest absolute Gasteiger partial charge is 0.371 e. The van der Waals surface area contributed by atoms with E-state index in [4.69, 9.17) is 0 Å². The Morgan fingerprint density at radius 3 is 2.33 bits per heavy atom. The van der Waals surface area contributed by atoms with Gasteiger partial charge < -0.3 is 15.5 Å². The summed E-state index contributed by atoms with van der Waals surface area (Å²) < 4.78 is 0. The van der Waals surface area contributed by atoms with Crippen molar-refractivity contribution < 1.29 is 9.59 Å². The topological polar surface area (TPSA) is 74.3 Å². The number of anilines is 1. The molecule has 0 saturated carbocycles. The third kappa shape index (κ3) is 6.42. The minimum absolute atomic E-state index is 0.0845. The third-order valence-electron chi connectivity index (χ3n) is 6.04. The highest BCUT2D eigenvalue weighted by atomic mass is 16.2. The van der Waals surface area contributed by atoms with E-state index in [2.05, 4.69) is 32.7 Å². The van der Waals surface area contributed by atoms with Gasteiger partial charge in [0.15, 0.2) is 0 Å². The molecular formula is C27H30N4O2. The molecular weight excluding hydrogens is 412 g/mol. The molecule has 1 aliphatic heterocycles. The van der Waals surface area contributed by atoms with E-state index in [9.17, 15) is 9.59 Å². The van der Waals surface area contributed by atoms with Gasteiger partial charge in [-0.25, -0.2) is 0 Å². The van der Waals surface area contributed by atoms with Crippen molar-refractivity contribution in [2.24, 2.45) is 0 Å². The molecule has 0 unspecified atom stereocenters. The maximum Gasteiger partial charge on any atom is 0.253 e. The maximum atomic E-state index is 12.9. The van der Waals surface area contributed by atoms with Crippen LogP contribution >= 0.6 is 0 Å². The van der Waals surface area contributed by atoms with Crippen LogP contribution in [0, 0.1) is 0 Å². The Morgan fingerprint density at radius 2 is 1.58 bits per heavy atom. The molecule has 0 atom stereocenters. The van der Waals surface area contributed by atoms with Crippen LogP contribution in [0.1, 0.15) is 40.7 Å². The predicted octanol–water partition coefficient (Wildman–Crippen LogP) is 3.73. The smallest absolute Gasteiger partial charge is 0.253 e. The van der Waals surface area contributed by atoms with Gasteiger partial charge in [0.05, 0.1) is 5.56 Å². The monoisotopic (exact) mass is 442 g/mol. The van der Waals surface area contributed by atoms with Crippen molar-refractivity contribution in [2.45, 2.75) is 38.3 Å². The summed E-state index contributed by atoms with van der Waals surface area (Å²) in [6.07, 6.45) is 6.44. The zero-order valence-corrected chi connectivity index (χ0v) is 18.7. The molecule has 170 valence electrons. The lowest BCUT2D eigenvalue weighted by Gasteiger charge is -2.35. The van der Waals surface area contributed by atoms with Crippen molar-refractivity contribution in [1.82, 2.24) is 15.6 Å². The fraction of sp³-hybridized carbons (Fsp3) is 0.296. The normalized spacial score (nSPS) is 14.0. The molecule has 33 heavy (non-hydrogen) atoms. The van der Waals surface area contributed by atoms with Crippen LogP contribution in [-0.4, -0.2) is 35.9 Å². The van der Waals surface area contributed by atoms with Gasteiger partial charge in [-0.05, 0) is 54.7 Å². The summed E-state index contributed by atoms with van der Waals surface area (Å²) >= 11 is 0. The van der Waals surface area contributed by atoms with Crippen molar-refractivity contribution in [3.05, 3.63) is 95.8 Å². The number of piperidine rings is 1. The maximum absolute atomic E-state index is 12.9. The SMILES string of the molecule is O=C(CCc1ccccc1)NC1CCN(c2ccccc2C(=O)NCc2ccncc2)CC1. The van der Waals surface area contributed by atoms with Gasteiger partial charge in [0, 0.05) is 50.2 Å². The molecule has 2 aromatic carbocycles. The van der Waals surface area contributed by atoms with Crippen LogP contribution in [0.3, 0.4) is 0 Å². The zero-order chi connectivity index (χ0) is 22.9. The molecule has 6 heteroatoms. The zero-order valence-electron chi connectivity index (χ0n) is 18.7. The van der Waals surface area contributed by atoms with Crippen molar-refractivity contribution in [3.8, 4) is 0 Å². The second-order valence-electron chi connectivity index (χ2n) is 8.37. The molecule has 0 aliphatic carbocycles. The van der Waals surface area contributed by atoms with E-state index in [0.717, 1.165) is 43.6 Å². The van der Waals surface area contributed by atoms with Crippen LogP contribution in [0.4, 0.5) is 5.69 Å². The summed E-state index contributed by atoms with van der Waals surface area (Å²) in [5.41, 5.74) is 3.82. The number of nitrogens with one attached hydrogen (secondary N) is 2. The standard InChI is InChI=1S/C27H30N4O2/c32-26(11-10-21-6-2-1-3-7-21)30-23-14-18-31(19-15-23)25-9-5-4-8-24(25)27(33)29-20-22-12-16-28-17-13-22/h1-9,12-13,16-17,23H,10-11,14-15,18-20H2,(H,29,33)(H,30,32). The summed E-state index contributed by atoms with van der Waals surface area (Å²) in [4.78, 5) is 31.5. The lowest BCUT2D eigenvalue weighted by molar-refractivity contribution is -0.121. The number of rotatable bonds is 8. The molecule has 4 rings (SSSR count). The lowest BCUT2D eigenvalue weighted by atomic mass is 10.0. The summed E-state index contributed by atoms with van der Waals surface area (Å²) in [6, 6.07) is 21.8. The molecule has 0 radical (unpaired) electrons. The third-order valence-corrected chi connectivity index (χ3v) is 6.04. The van der Waals surface area contributed by atoms with E-state index in [0.29, 0.717) is 18.5 Å². The number of nitrogens with zero attached hydrogens (tertiary/aromatic N) is 2. The minimum atomic E-state index is -0.0845. The average molecular weight is 443 g/mol. The van der Waals surface area contributed by atoms with Crippen molar-refractivity contribution in [1.29, 1.82) is 0 Å². The van der Waals surface area contributed by atoms with Gasteiger partial charge in [0.25, 0.3) is 5.91 Å². The molecule has 2 heterocycles. The molecule has 0 bridgehead atoms.